The number of thiazole rings is 1. The molecular weight excluding hydrogens is 316 g/mol. The third-order valence-electron chi connectivity index (χ3n) is 2.73. The molecule has 2 aromatic rings. The highest BCUT2D eigenvalue weighted by atomic mass is 79.9. The summed E-state index contributed by atoms with van der Waals surface area (Å²) in [6.45, 7) is 1.93. The van der Waals surface area contributed by atoms with Gasteiger partial charge in [-0.1, -0.05) is 0 Å². The van der Waals surface area contributed by atoms with E-state index in [-0.39, 0.29) is 11.9 Å². The Labute approximate surface area is 117 Å². The Morgan fingerprint density at radius 2 is 2.33 bits per heavy atom. The van der Waals surface area contributed by atoms with E-state index in [2.05, 4.69) is 20.9 Å². The van der Waals surface area contributed by atoms with Gasteiger partial charge in [0.15, 0.2) is 15.6 Å². The third kappa shape index (κ3) is 2.22. The Balaban J connectivity index is 1.92. The first-order valence-corrected chi connectivity index (χ1v) is 7.33. The van der Waals surface area contributed by atoms with Gasteiger partial charge in [-0.3, -0.25) is 9.69 Å². The van der Waals surface area contributed by atoms with Gasteiger partial charge < -0.3 is 4.42 Å². The van der Waals surface area contributed by atoms with Crippen molar-refractivity contribution in [1.29, 1.82) is 0 Å². The number of anilines is 1. The molecule has 1 amide bonds. The van der Waals surface area contributed by atoms with Gasteiger partial charge in [0, 0.05) is 11.4 Å². The molecule has 4 nitrogen and oxygen atoms in total. The van der Waals surface area contributed by atoms with E-state index in [9.17, 15) is 4.79 Å². The van der Waals surface area contributed by atoms with Gasteiger partial charge in [-0.25, -0.2) is 4.98 Å². The maximum Gasteiger partial charge on any atom is 0.296 e. The lowest BCUT2D eigenvalue weighted by Gasteiger charge is -2.17. The van der Waals surface area contributed by atoms with E-state index >= 15 is 0 Å². The van der Waals surface area contributed by atoms with Crippen LogP contribution in [-0.2, 0) is 0 Å². The summed E-state index contributed by atoms with van der Waals surface area (Å²) in [7, 11) is 0. The van der Waals surface area contributed by atoms with Crippen LogP contribution >= 0.6 is 27.3 Å². The number of halogens is 1. The zero-order valence-corrected chi connectivity index (χ0v) is 12.1. The van der Waals surface area contributed by atoms with Crippen LogP contribution in [0.15, 0.2) is 26.6 Å². The normalized spacial score (nSPS) is 14.8. The second-order valence-electron chi connectivity index (χ2n) is 4.28. The van der Waals surface area contributed by atoms with Gasteiger partial charge in [0.05, 0.1) is 5.69 Å². The molecule has 1 saturated carbocycles. The molecule has 1 aliphatic carbocycles. The van der Waals surface area contributed by atoms with Crippen LogP contribution in [0.1, 0.15) is 29.1 Å². The van der Waals surface area contributed by atoms with E-state index in [1.165, 1.54) is 11.3 Å². The van der Waals surface area contributed by atoms with Crippen LogP contribution in [0.25, 0.3) is 0 Å². The van der Waals surface area contributed by atoms with Gasteiger partial charge in [-0.2, -0.15) is 0 Å². The van der Waals surface area contributed by atoms with Crippen LogP contribution in [0.2, 0.25) is 0 Å². The van der Waals surface area contributed by atoms with Gasteiger partial charge in [0.25, 0.3) is 5.91 Å². The molecule has 0 atom stereocenters. The van der Waals surface area contributed by atoms with Gasteiger partial charge >= 0.3 is 0 Å². The van der Waals surface area contributed by atoms with Crippen LogP contribution in [0.4, 0.5) is 5.13 Å². The number of hydrogen-bond donors (Lipinski definition) is 0. The summed E-state index contributed by atoms with van der Waals surface area (Å²) in [5.41, 5.74) is 0.939. The highest BCUT2D eigenvalue weighted by molar-refractivity contribution is 9.10. The molecule has 0 saturated heterocycles. The predicted molar refractivity (Wildman–Crippen MR) is 73.1 cm³/mol. The molecule has 0 bridgehead atoms. The highest BCUT2D eigenvalue weighted by Crippen LogP contribution is 2.35. The van der Waals surface area contributed by atoms with Crippen LogP contribution in [0, 0.1) is 6.92 Å². The van der Waals surface area contributed by atoms with Gasteiger partial charge in [-0.15, -0.1) is 11.3 Å². The summed E-state index contributed by atoms with van der Waals surface area (Å²) >= 11 is 4.71. The smallest absolute Gasteiger partial charge is 0.296 e. The number of aryl methyl sites for hydroxylation is 1. The van der Waals surface area contributed by atoms with Crippen molar-refractivity contribution in [3.05, 3.63) is 33.6 Å². The Hall–Kier alpha value is -1.14. The van der Waals surface area contributed by atoms with Crippen molar-refractivity contribution in [3.8, 4) is 0 Å². The molecule has 2 heterocycles. The lowest BCUT2D eigenvalue weighted by Crippen LogP contribution is -2.32. The number of furan rings is 1. The summed E-state index contributed by atoms with van der Waals surface area (Å²) in [6.07, 6.45) is 2.07. The van der Waals surface area contributed by atoms with E-state index in [0.717, 1.165) is 23.7 Å². The highest BCUT2D eigenvalue weighted by Gasteiger charge is 2.37. The fourth-order valence-corrected chi connectivity index (χ4v) is 2.92. The Kier molecular flexibility index (Phi) is 2.99. The molecule has 2 aromatic heterocycles. The van der Waals surface area contributed by atoms with Gasteiger partial charge in [-0.05, 0) is 47.8 Å². The minimum absolute atomic E-state index is 0.113. The number of carbonyl (C=O) groups is 1. The van der Waals surface area contributed by atoms with Crippen molar-refractivity contribution in [1.82, 2.24) is 4.98 Å². The maximum atomic E-state index is 12.4. The molecule has 0 radical (unpaired) electrons. The second-order valence-corrected chi connectivity index (χ2v) is 5.90. The molecular formula is C12H11BrN2O2S. The molecule has 6 heteroatoms. The van der Waals surface area contributed by atoms with Crippen molar-refractivity contribution < 1.29 is 9.21 Å². The van der Waals surface area contributed by atoms with Crippen molar-refractivity contribution >= 4 is 38.3 Å². The van der Waals surface area contributed by atoms with Gasteiger partial charge in [0.2, 0.25) is 0 Å². The average molecular weight is 327 g/mol. The molecule has 1 aliphatic rings. The molecule has 94 valence electrons. The minimum atomic E-state index is -0.113. The topological polar surface area (TPSA) is 46.3 Å². The standard InChI is InChI=1S/C12H11BrN2O2S/c1-7-6-18-12(14-7)15(8-2-3-8)11(16)9-4-5-10(13)17-9/h4-6,8H,2-3H2,1H3. The van der Waals surface area contributed by atoms with Crippen molar-refractivity contribution in [3.63, 3.8) is 0 Å². The molecule has 0 unspecified atom stereocenters. The molecule has 3 rings (SSSR count). The number of nitrogens with zero attached hydrogens (tertiary/aromatic N) is 2. The van der Waals surface area contributed by atoms with Gasteiger partial charge in [0.1, 0.15) is 0 Å². The van der Waals surface area contributed by atoms with E-state index in [0.29, 0.717) is 10.4 Å². The molecule has 0 aliphatic heterocycles. The monoisotopic (exact) mass is 326 g/mol. The zero-order chi connectivity index (χ0) is 12.7. The quantitative estimate of drug-likeness (QED) is 0.865. The van der Waals surface area contributed by atoms with E-state index < -0.39 is 0 Å². The summed E-state index contributed by atoms with van der Waals surface area (Å²) in [4.78, 5) is 18.6. The molecule has 18 heavy (non-hydrogen) atoms. The second kappa shape index (κ2) is 4.51. The lowest BCUT2D eigenvalue weighted by atomic mass is 10.4. The van der Waals surface area contributed by atoms with Crippen molar-refractivity contribution in [2.75, 3.05) is 4.90 Å². The van der Waals surface area contributed by atoms with Crippen LogP contribution in [0.5, 0.6) is 0 Å². The molecule has 1 fully saturated rings. The summed E-state index contributed by atoms with van der Waals surface area (Å²) in [5.74, 6) is 0.235. The van der Waals surface area contributed by atoms with E-state index in [4.69, 9.17) is 4.42 Å². The Morgan fingerprint density at radius 3 is 2.83 bits per heavy atom. The number of hydrogen-bond acceptors (Lipinski definition) is 4. The summed E-state index contributed by atoms with van der Waals surface area (Å²) in [5, 5.41) is 2.71. The largest absolute Gasteiger partial charge is 0.444 e. The zero-order valence-electron chi connectivity index (χ0n) is 9.72. The minimum Gasteiger partial charge on any atom is -0.444 e. The summed E-state index contributed by atoms with van der Waals surface area (Å²) < 4.78 is 5.90. The van der Waals surface area contributed by atoms with E-state index in [1.807, 2.05) is 12.3 Å². The van der Waals surface area contributed by atoms with Crippen molar-refractivity contribution in [2.24, 2.45) is 0 Å². The number of rotatable bonds is 3. The number of amides is 1. The fraction of sp³-hybridized carbons (Fsp3) is 0.333. The Bertz CT molecular complexity index is 588. The molecule has 0 aromatic carbocycles. The van der Waals surface area contributed by atoms with Crippen LogP contribution in [0.3, 0.4) is 0 Å². The Morgan fingerprint density at radius 1 is 1.56 bits per heavy atom. The first-order chi connectivity index (χ1) is 8.65. The maximum absolute atomic E-state index is 12.4. The number of carbonyl (C=O) groups excluding carboxylic acids is 1. The predicted octanol–water partition coefficient (Wildman–Crippen LogP) is 3.62. The SMILES string of the molecule is Cc1csc(N(C(=O)c2ccc(Br)o2)C2CC2)n1. The summed E-state index contributed by atoms with van der Waals surface area (Å²) in [6, 6.07) is 3.68. The van der Waals surface area contributed by atoms with Crippen LogP contribution in [-0.4, -0.2) is 16.9 Å². The fourth-order valence-electron chi connectivity index (χ4n) is 1.74. The average Bonchev–Trinajstić information content (AvgIpc) is 2.92. The van der Waals surface area contributed by atoms with E-state index in [1.54, 1.807) is 17.0 Å². The van der Waals surface area contributed by atoms with Crippen LogP contribution < -0.4 is 4.90 Å². The molecule has 0 N–H and O–H groups in total. The third-order valence-corrected chi connectivity index (χ3v) is 4.11. The first-order valence-electron chi connectivity index (χ1n) is 5.66. The lowest BCUT2D eigenvalue weighted by molar-refractivity contribution is 0.0957. The van der Waals surface area contributed by atoms with Crippen molar-refractivity contribution in [2.45, 2.75) is 25.8 Å². The number of aromatic nitrogens is 1. The molecule has 0 spiro atoms. The first kappa shape index (κ1) is 11.9.